The maximum absolute atomic E-state index is 12.0. The standard InChI is InChI=1S/C15H21F2N3O3/c1-10(2)18-13(21)8-20(3)9-14(22)19-11-4-6-12(7-5-11)23-15(16)17/h4-7,10,15H,8-9H2,1-3H3,(H,18,21)(H,19,22)/p+1. The van der Waals surface area contributed by atoms with Crippen LogP contribution in [0.2, 0.25) is 0 Å². The van der Waals surface area contributed by atoms with Gasteiger partial charge in [-0.25, -0.2) is 0 Å². The van der Waals surface area contributed by atoms with Gasteiger partial charge in [0.1, 0.15) is 5.75 Å². The highest BCUT2D eigenvalue weighted by Crippen LogP contribution is 2.17. The van der Waals surface area contributed by atoms with Crippen LogP contribution in [0.15, 0.2) is 24.3 Å². The number of halogens is 2. The Bertz CT molecular complexity index is 521. The van der Waals surface area contributed by atoms with Crippen LogP contribution in [0.5, 0.6) is 5.75 Å². The van der Waals surface area contributed by atoms with Crippen molar-refractivity contribution in [1.29, 1.82) is 0 Å². The van der Waals surface area contributed by atoms with Crippen LogP contribution in [0.1, 0.15) is 13.8 Å². The molecule has 1 rings (SSSR count). The zero-order chi connectivity index (χ0) is 17.4. The molecule has 0 heterocycles. The van der Waals surface area contributed by atoms with Gasteiger partial charge in [-0.1, -0.05) is 0 Å². The molecular weight excluding hydrogens is 308 g/mol. The maximum atomic E-state index is 12.0. The second-order valence-corrected chi connectivity index (χ2v) is 5.48. The number of benzene rings is 1. The number of hydrogen-bond donors (Lipinski definition) is 3. The number of quaternary nitrogens is 1. The number of anilines is 1. The predicted molar refractivity (Wildman–Crippen MR) is 81.6 cm³/mol. The van der Waals surface area contributed by atoms with Crippen molar-refractivity contribution < 1.29 is 28.0 Å². The summed E-state index contributed by atoms with van der Waals surface area (Å²) >= 11 is 0. The molecular formula is C15H22F2N3O3+. The fourth-order valence-electron chi connectivity index (χ4n) is 1.91. The zero-order valence-corrected chi connectivity index (χ0v) is 13.4. The van der Waals surface area contributed by atoms with Crippen molar-refractivity contribution in [2.24, 2.45) is 0 Å². The van der Waals surface area contributed by atoms with E-state index < -0.39 is 6.61 Å². The molecule has 0 aliphatic heterocycles. The van der Waals surface area contributed by atoms with E-state index >= 15 is 0 Å². The number of hydrogen-bond acceptors (Lipinski definition) is 3. The number of carbonyl (C=O) groups is 2. The number of likely N-dealkylation sites (N-methyl/N-ethyl adjacent to an activating group) is 1. The highest BCUT2D eigenvalue weighted by Gasteiger charge is 2.15. The van der Waals surface area contributed by atoms with Crippen molar-refractivity contribution >= 4 is 17.5 Å². The smallest absolute Gasteiger partial charge is 0.387 e. The topological polar surface area (TPSA) is 71.9 Å². The van der Waals surface area contributed by atoms with Crippen molar-refractivity contribution in [3.05, 3.63) is 24.3 Å². The van der Waals surface area contributed by atoms with E-state index in [4.69, 9.17) is 0 Å². The molecule has 1 atom stereocenters. The van der Waals surface area contributed by atoms with Gasteiger partial charge in [-0.05, 0) is 38.1 Å². The summed E-state index contributed by atoms with van der Waals surface area (Å²) in [5.41, 5.74) is 0.469. The Morgan fingerprint density at radius 2 is 1.70 bits per heavy atom. The Labute approximate surface area is 133 Å². The third-order valence-corrected chi connectivity index (χ3v) is 2.74. The van der Waals surface area contributed by atoms with Gasteiger partial charge in [-0.3, -0.25) is 9.59 Å². The third-order valence-electron chi connectivity index (χ3n) is 2.74. The molecule has 23 heavy (non-hydrogen) atoms. The highest BCUT2D eigenvalue weighted by atomic mass is 19.3. The molecule has 0 saturated heterocycles. The van der Waals surface area contributed by atoms with Crippen molar-refractivity contribution in [3.63, 3.8) is 0 Å². The lowest BCUT2D eigenvalue weighted by atomic mass is 10.3. The Kier molecular flexibility index (Phi) is 7.40. The number of carbonyl (C=O) groups excluding carboxylic acids is 2. The van der Waals surface area contributed by atoms with Crippen LogP contribution >= 0.6 is 0 Å². The van der Waals surface area contributed by atoms with E-state index in [9.17, 15) is 18.4 Å². The molecule has 1 aromatic rings. The Hall–Kier alpha value is -2.22. The summed E-state index contributed by atoms with van der Waals surface area (Å²) < 4.78 is 28.3. The summed E-state index contributed by atoms with van der Waals surface area (Å²) in [6.45, 7) is 1.14. The van der Waals surface area contributed by atoms with Crippen LogP contribution in [0.25, 0.3) is 0 Å². The average molecular weight is 330 g/mol. The molecule has 0 bridgehead atoms. The molecule has 1 aromatic carbocycles. The lowest BCUT2D eigenvalue weighted by molar-refractivity contribution is -0.862. The zero-order valence-electron chi connectivity index (χ0n) is 13.4. The van der Waals surface area contributed by atoms with Crippen LogP contribution in [-0.4, -0.2) is 44.6 Å². The van der Waals surface area contributed by atoms with E-state index in [2.05, 4.69) is 15.4 Å². The molecule has 0 radical (unpaired) electrons. The number of alkyl halides is 2. The summed E-state index contributed by atoms with van der Waals surface area (Å²) in [6, 6.07) is 5.67. The van der Waals surface area contributed by atoms with Gasteiger partial charge in [0.15, 0.2) is 13.1 Å². The summed E-state index contributed by atoms with van der Waals surface area (Å²) in [4.78, 5) is 24.2. The van der Waals surface area contributed by atoms with Gasteiger partial charge in [-0.15, -0.1) is 0 Å². The minimum absolute atomic E-state index is 0.0195. The molecule has 0 spiro atoms. The molecule has 128 valence electrons. The van der Waals surface area contributed by atoms with Gasteiger partial charge in [0.2, 0.25) is 0 Å². The molecule has 0 aromatic heterocycles. The van der Waals surface area contributed by atoms with E-state index in [0.717, 1.165) is 4.90 Å². The number of ether oxygens (including phenoxy) is 1. The highest BCUT2D eigenvalue weighted by molar-refractivity contribution is 5.91. The predicted octanol–water partition coefficient (Wildman–Crippen LogP) is 0.266. The second kappa shape index (κ2) is 9.04. The lowest BCUT2D eigenvalue weighted by Crippen LogP contribution is -3.11. The fraction of sp³-hybridized carbons (Fsp3) is 0.467. The van der Waals surface area contributed by atoms with Crippen LogP contribution in [0, 0.1) is 0 Å². The summed E-state index contributed by atoms with van der Waals surface area (Å²) in [5.74, 6) is -0.382. The molecule has 8 heteroatoms. The monoisotopic (exact) mass is 330 g/mol. The first-order chi connectivity index (χ1) is 10.8. The molecule has 0 aliphatic carbocycles. The van der Waals surface area contributed by atoms with Crippen molar-refractivity contribution in [2.45, 2.75) is 26.5 Å². The molecule has 3 N–H and O–H groups in total. The van der Waals surface area contributed by atoms with Crippen molar-refractivity contribution in [1.82, 2.24) is 5.32 Å². The van der Waals surface area contributed by atoms with Crippen molar-refractivity contribution in [2.75, 3.05) is 25.5 Å². The largest absolute Gasteiger partial charge is 0.435 e. The first-order valence-corrected chi connectivity index (χ1v) is 7.21. The van der Waals surface area contributed by atoms with Gasteiger partial charge in [0, 0.05) is 11.7 Å². The normalized spacial score (nSPS) is 12.1. The Morgan fingerprint density at radius 3 is 2.22 bits per heavy atom. The van der Waals surface area contributed by atoms with Gasteiger partial charge >= 0.3 is 6.61 Å². The van der Waals surface area contributed by atoms with Crippen LogP contribution < -0.4 is 20.3 Å². The van der Waals surface area contributed by atoms with Crippen LogP contribution in [-0.2, 0) is 9.59 Å². The van der Waals surface area contributed by atoms with E-state index in [1.54, 1.807) is 7.05 Å². The molecule has 0 saturated carbocycles. The molecule has 1 unspecified atom stereocenters. The van der Waals surface area contributed by atoms with Crippen molar-refractivity contribution in [3.8, 4) is 5.75 Å². The van der Waals surface area contributed by atoms with E-state index in [1.807, 2.05) is 13.8 Å². The molecule has 2 amide bonds. The number of rotatable bonds is 8. The lowest BCUT2D eigenvalue weighted by Gasteiger charge is -2.15. The Balaban J connectivity index is 2.42. The minimum atomic E-state index is -2.88. The van der Waals surface area contributed by atoms with Crippen LogP contribution in [0.3, 0.4) is 0 Å². The van der Waals surface area contributed by atoms with E-state index in [1.165, 1.54) is 24.3 Å². The quantitative estimate of drug-likeness (QED) is 0.641. The SMILES string of the molecule is CC(C)NC(=O)C[NH+](C)CC(=O)Nc1ccc(OC(F)F)cc1. The molecule has 6 nitrogen and oxygen atoms in total. The summed E-state index contributed by atoms with van der Waals surface area (Å²) in [6.07, 6.45) is 0. The first-order valence-electron chi connectivity index (χ1n) is 7.21. The summed E-state index contributed by atoms with van der Waals surface area (Å²) in [5, 5.41) is 5.38. The first kappa shape index (κ1) is 18.8. The fourth-order valence-corrected chi connectivity index (χ4v) is 1.91. The molecule has 0 fully saturated rings. The van der Waals surface area contributed by atoms with E-state index in [-0.39, 0.29) is 36.7 Å². The van der Waals surface area contributed by atoms with Crippen LogP contribution in [0.4, 0.5) is 14.5 Å². The van der Waals surface area contributed by atoms with E-state index in [0.29, 0.717) is 5.69 Å². The second-order valence-electron chi connectivity index (χ2n) is 5.48. The Morgan fingerprint density at radius 1 is 1.13 bits per heavy atom. The number of nitrogens with one attached hydrogen (secondary N) is 3. The molecule has 0 aliphatic rings. The minimum Gasteiger partial charge on any atom is -0.435 e. The summed E-state index contributed by atoms with van der Waals surface area (Å²) in [7, 11) is 1.74. The van der Waals surface area contributed by atoms with Gasteiger partial charge in [0.05, 0.1) is 7.05 Å². The number of amides is 2. The van der Waals surface area contributed by atoms with Gasteiger partial charge < -0.3 is 20.3 Å². The maximum Gasteiger partial charge on any atom is 0.387 e. The van der Waals surface area contributed by atoms with Gasteiger partial charge in [0.25, 0.3) is 11.8 Å². The third kappa shape index (κ3) is 8.10. The van der Waals surface area contributed by atoms with Gasteiger partial charge in [-0.2, -0.15) is 8.78 Å². The average Bonchev–Trinajstić information content (AvgIpc) is 2.38.